The highest BCUT2D eigenvalue weighted by Crippen LogP contribution is 2.48. The van der Waals surface area contributed by atoms with Gasteiger partial charge in [0.1, 0.15) is 11.9 Å². The number of imide groups is 1. The molecule has 3 amide bonds. The van der Waals surface area contributed by atoms with Crippen LogP contribution in [0, 0.1) is 23.2 Å². The fourth-order valence-electron chi connectivity index (χ4n) is 6.36. The van der Waals surface area contributed by atoms with Crippen LogP contribution < -0.4 is 13.9 Å². The first-order valence-electron chi connectivity index (χ1n) is 13.0. The van der Waals surface area contributed by atoms with Gasteiger partial charge in [-0.25, -0.2) is 22.9 Å². The van der Waals surface area contributed by atoms with E-state index in [1.807, 2.05) is 6.07 Å². The second kappa shape index (κ2) is 9.71. The molecule has 0 spiro atoms. The smallest absolute Gasteiger partial charge is 0.417 e. The molecule has 4 atom stereocenters. The van der Waals surface area contributed by atoms with Crippen LogP contribution in [0.1, 0.15) is 31.2 Å². The van der Waals surface area contributed by atoms with Crippen LogP contribution in [0.25, 0.3) is 0 Å². The first-order valence-corrected chi connectivity index (χ1v) is 14.4. The van der Waals surface area contributed by atoms with Crippen LogP contribution >= 0.6 is 0 Å². The van der Waals surface area contributed by atoms with Crippen molar-refractivity contribution < 1.29 is 37.4 Å². The average molecular weight is 567 g/mol. The maximum atomic E-state index is 14.0. The van der Waals surface area contributed by atoms with Crippen molar-refractivity contribution in [2.24, 2.45) is 11.8 Å². The number of rotatable bonds is 6. The van der Waals surface area contributed by atoms with Crippen molar-refractivity contribution in [1.82, 2.24) is 4.90 Å². The van der Waals surface area contributed by atoms with Gasteiger partial charge in [-0.3, -0.25) is 14.0 Å². The number of hydrogen-bond acceptors (Lipinski definition) is 8. The topological polar surface area (TPSA) is 158 Å². The molecule has 2 aromatic carbocycles. The van der Waals surface area contributed by atoms with E-state index < -0.39 is 40.8 Å². The van der Waals surface area contributed by atoms with E-state index in [1.165, 1.54) is 41.3 Å². The van der Waals surface area contributed by atoms with Gasteiger partial charge in [0.25, 0.3) is 15.9 Å². The quantitative estimate of drug-likeness (QED) is 0.554. The van der Waals surface area contributed by atoms with Crippen LogP contribution in [0.3, 0.4) is 0 Å². The van der Waals surface area contributed by atoms with Crippen molar-refractivity contribution in [2.75, 3.05) is 28.9 Å². The molecule has 6 rings (SSSR count). The summed E-state index contributed by atoms with van der Waals surface area (Å²) in [5.41, 5.74) is 0.606. The van der Waals surface area contributed by atoms with Gasteiger partial charge in [-0.2, -0.15) is 5.26 Å². The zero-order valence-corrected chi connectivity index (χ0v) is 22.1. The summed E-state index contributed by atoms with van der Waals surface area (Å²) in [5, 5.41) is 19.5. The number of hydrogen-bond donors (Lipinski definition) is 1. The van der Waals surface area contributed by atoms with Gasteiger partial charge in [-0.05, 0) is 67.5 Å². The molecular weight excluding hydrogens is 540 g/mol. The van der Waals surface area contributed by atoms with Crippen LogP contribution in [-0.4, -0.2) is 68.4 Å². The Kier molecular flexibility index (Phi) is 6.29. The predicted octanol–water partition coefficient (Wildman–Crippen LogP) is 3.17. The zero-order valence-electron chi connectivity index (χ0n) is 21.3. The number of carboxylic acid groups (broad SMARTS) is 1. The third-order valence-electron chi connectivity index (χ3n) is 8.17. The van der Waals surface area contributed by atoms with Gasteiger partial charge < -0.3 is 14.6 Å². The van der Waals surface area contributed by atoms with Gasteiger partial charge in [0.05, 0.1) is 35.3 Å². The van der Waals surface area contributed by atoms with Crippen molar-refractivity contribution >= 4 is 39.5 Å². The summed E-state index contributed by atoms with van der Waals surface area (Å²) in [7, 11) is -4.28. The molecule has 1 saturated heterocycles. The lowest BCUT2D eigenvalue weighted by Gasteiger charge is -2.38. The number of carbonyl (C=O) groups is 3. The van der Waals surface area contributed by atoms with E-state index in [2.05, 4.69) is 0 Å². The van der Waals surface area contributed by atoms with Crippen molar-refractivity contribution in [3.63, 3.8) is 0 Å². The van der Waals surface area contributed by atoms with E-state index >= 15 is 0 Å². The van der Waals surface area contributed by atoms with Gasteiger partial charge in [0.15, 0.2) is 6.61 Å². The highest BCUT2D eigenvalue weighted by Gasteiger charge is 2.45. The number of nitrogens with zero attached hydrogens (tertiary/aromatic N) is 4. The fourth-order valence-corrected chi connectivity index (χ4v) is 7.90. The summed E-state index contributed by atoms with van der Waals surface area (Å²) in [4.78, 5) is 38.7. The Hall–Kier alpha value is -4.31. The lowest BCUT2D eigenvalue weighted by molar-refractivity contribution is -0.126. The third kappa shape index (κ3) is 4.38. The molecule has 4 aliphatic rings. The molecule has 13 heteroatoms. The number of amides is 3. The molecule has 2 aromatic rings. The van der Waals surface area contributed by atoms with E-state index in [9.17, 15) is 33.2 Å². The van der Waals surface area contributed by atoms with Crippen LogP contribution in [0.2, 0.25) is 0 Å². The van der Waals surface area contributed by atoms with Gasteiger partial charge in [0.2, 0.25) is 0 Å². The number of anilines is 2. The van der Waals surface area contributed by atoms with Crippen molar-refractivity contribution in [1.29, 1.82) is 5.26 Å². The fraction of sp³-hybridized carbons (Fsp3) is 0.407. The monoisotopic (exact) mass is 566 g/mol. The molecule has 2 saturated carbocycles. The van der Waals surface area contributed by atoms with Crippen LogP contribution in [-0.2, 0) is 19.6 Å². The summed E-state index contributed by atoms with van der Waals surface area (Å²) >= 11 is 0. The van der Waals surface area contributed by atoms with Gasteiger partial charge in [-0.1, -0.05) is 12.5 Å². The molecule has 2 bridgehead atoms. The molecule has 12 nitrogen and oxygen atoms in total. The summed E-state index contributed by atoms with van der Waals surface area (Å²) in [5.74, 6) is 0.332. The molecule has 40 heavy (non-hydrogen) atoms. The Balaban J connectivity index is 1.40. The molecule has 2 aliphatic heterocycles. The molecule has 2 aliphatic carbocycles. The standard InChI is InChI=1S/C27H26N4O8S/c28-12-17-2-1-3-21(9-17)40(36,37)30-14-20(13-29-25(32)15-38-27(29)35)39-24-7-6-19(11-23(24)30)31(26(33)34)22-10-16-4-5-18(22)8-16/h1-3,6-7,9,11,16,18,20,22H,4-5,8,10,13-15H2,(H,33,34)/t16?,18?,20-,22-/m0/s1. The van der Waals surface area contributed by atoms with Crippen molar-refractivity contribution in [2.45, 2.75) is 42.7 Å². The lowest BCUT2D eigenvalue weighted by Crippen LogP contribution is -2.49. The Morgan fingerprint density at radius 2 is 1.98 bits per heavy atom. The summed E-state index contributed by atoms with van der Waals surface area (Å²) in [6, 6.07) is 11.9. The largest absolute Gasteiger partial charge is 0.484 e. The Labute approximate surface area is 230 Å². The minimum Gasteiger partial charge on any atom is -0.484 e. The Morgan fingerprint density at radius 1 is 1.15 bits per heavy atom. The van der Waals surface area contributed by atoms with Crippen LogP contribution in [0.5, 0.6) is 5.75 Å². The highest BCUT2D eigenvalue weighted by molar-refractivity contribution is 7.92. The number of sulfonamides is 1. The molecular formula is C27H26N4O8S. The first kappa shape index (κ1) is 25.9. The number of nitriles is 1. The highest BCUT2D eigenvalue weighted by atomic mass is 32.2. The SMILES string of the molecule is N#Cc1cccc(S(=O)(=O)N2C[C@H](CN3C(=O)COC3=O)Oc3ccc(N(C(=O)O)[C@H]4CC5CCC4C5)cc32)c1. The third-order valence-corrected chi connectivity index (χ3v) is 9.94. The Bertz CT molecular complexity index is 1540. The molecule has 2 unspecified atom stereocenters. The molecule has 0 radical (unpaired) electrons. The van der Waals surface area contributed by atoms with E-state index in [4.69, 9.17) is 9.47 Å². The van der Waals surface area contributed by atoms with Gasteiger partial charge in [0, 0.05) is 11.7 Å². The number of carbonyl (C=O) groups excluding carboxylic acids is 2. The minimum atomic E-state index is -4.28. The van der Waals surface area contributed by atoms with Gasteiger partial charge in [-0.15, -0.1) is 0 Å². The normalized spacial score (nSPS) is 25.3. The van der Waals surface area contributed by atoms with Crippen molar-refractivity contribution in [3.8, 4) is 11.8 Å². The summed E-state index contributed by atoms with van der Waals surface area (Å²) < 4.78 is 39.8. The number of fused-ring (bicyclic) bond motifs is 3. The number of ether oxygens (including phenoxy) is 2. The van der Waals surface area contributed by atoms with Gasteiger partial charge >= 0.3 is 12.2 Å². The molecule has 0 aromatic heterocycles. The van der Waals surface area contributed by atoms with E-state index in [-0.39, 0.29) is 46.9 Å². The minimum absolute atomic E-state index is 0.126. The number of cyclic esters (lactones) is 1. The summed E-state index contributed by atoms with van der Waals surface area (Å²) in [6.45, 7) is -0.911. The lowest BCUT2D eigenvalue weighted by atomic mass is 9.93. The van der Waals surface area contributed by atoms with E-state index in [0.717, 1.165) is 34.9 Å². The maximum Gasteiger partial charge on any atom is 0.417 e. The maximum absolute atomic E-state index is 14.0. The molecule has 3 fully saturated rings. The zero-order chi connectivity index (χ0) is 28.2. The van der Waals surface area contributed by atoms with E-state index in [1.54, 1.807) is 6.07 Å². The second-order valence-corrected chi connectivity index (χ2v) is 12.4. The molecule has 208 valence electrons. The first-order chi connectivity index (χ1) is 19.2. The van der Waals surface area contributed by atoms with E-state index in [0.29, 0.717) is 11.6 Å². The van der Waals surface area contributed by atoms with Crippen LogP contribution in [0.4, 0.5) is 21.0 Å². The molecule has 1 N–H and O–H groups in total. The number of benzene rings is 2. The predicted molar refractivity (Wildman–Crippen MR) is 139 cm³/mol. The molecule has 2 heterocycles. The van der Waals surface area contributed by atoms with Crippen LogP contribution in [0.15, 0.2) is 47.4 Å². The van der Waals surface area contributed by atoms with Crippen molar-refractivity contribution in [3.05, 3.63) is 48.0 Å². The summed E-state index contributed by atoms with van der Waals surface area (Å²) in [6.07, 6.45) is 0.913. The second-order valence-electron chi connectivity index (χ2n) is 10.5. The average Bonchev–Trinajstić information content (AvgIpc) is 3.65. The Morgan fingerprint density at radius 3 is 2.62 bits per heavy atom.